The van der Waals surface area contributed by atoms with Gasteiger partial charge in [-0.15, -0.1) is 0 Å². The SMILES string of the molecule is CCO/N=C/C1(O)CC2CC[C@@H](C1)C2S(=O)(=O)c1cc(C(=O)Nc2cc(F)c(F)c(F)c2)ccc1Cl. The van der Waals surface area contributed by atoms with Crippen LogP contribution < -0.4 is 5.32 Å². The number of halogens is 4. The first-order valence-electron chi connectivity index (χ1n) is 11.3. The lowest BCUT2D eigenvalue weighted by Gasteiger charge is -2.38. The summed E-state index contributed by atoms with van der Waals surface area (Å²) in [4.78, 5) is 17.4. The van der Waals surface area contributed by atoms with Gasteiger partial charge in [-0.2, -0.15) is 0 Å². The van der Waals surface area contributed by atoms with Gasteiger partial charge in [0.1, 0.15) is 12.2 Å². The van der Waals surface area contributed by atoms with Crippen LogP contribution in [0.5, 0.6) is 0 Å². The van der Waals surface area contributed by atoms with Crippen LogP contribution in [0.4, 0.5) is 18.9 Å². The van der Waals surface area contributed by atoms with Crippen LogP contribution in [0.2, 0.25) is 5.02 Å². The molecular weight excluding hydrogens is 521 g/mol. The van der Waals surface area contributed by atoms with Crippen molar-refractivity contribution in [2.75, 3.05) is 11.9 Å². The van der Waals surface area contributed by atoms with Crippen LogP contribution in [0, 0.1) is 29.3 Å². The van der Waals surface area contributed by atoms with E-state index in [1.165, 1.54) is 18.3 Å². The number of benzene rings is 2. The molecule has 2 fully saturated rings. The van der Waals surface area contributed by atoms with Crippen LogP contribution in [-0.4, -0.2) is 43.1 Å². The number of amides is 1. The summed E-state index contributed by atoms with van der Waals surface area (Å²) in [6.07, 6.45) is 2.88. The van der Waals surface area contributed by atoms with Gasteiger partial charge in [0, 0.05) is 23.4 Å². The Kier molecular flexibility index (Phi) is 7.36. The number of fused-ring (bicyclic) bond motifs is 2. The standard InChI is InChI=1S/C24H24ClF3N2O5S/c1-2-35-29-12-24(32)10-14-3-4-15(11-24)22(14)36(33,34)20-7-13(5-6-17(20)25)23(31)30-16-8-18(26)21(28)19(27)9-16/h5-9,12,14-15,22,32H,2-4,10-11H2,1H3,(H,30,31)/b29-12+/t14-,15?,22?,24?/m0/s1. The molecule has 1 amide bonds. The summed E-state index contributed by atoms with van der Waals surface area (Å²) in [6, 6.07) is 4.86. The van der Waals surface area contributed by atoms with Crippen LogP contribution in [-0.2, 0) is 14.7 Å². The third-order valence-corrected chi connectivity index (χ3v) is 9.54. The van der Waals surface area contributed by atoms with Crippen molar-refractivity contribution in [3.63, 3.8) is 0 Å². The van der Waals surface area contributed by atoms with Crippen molar-refractivity contribution < 1.29 is 36.3 Å². The minimum atomic E-state index is -4.02. The first-order chi connectivity index (χ1) is 16.9. The molecule has 0 spiro atoms. The van der Waals surface area contributed by atoms with Gasteiger partial charge in [0.15, 0.2) is 27.3 Å². The van der Waals surface area contributed by atoms with Gasteiger partial charge in [-0.1, -0.05) is 16.8 Å². The van der Waals surface area contributed by atoms with Crippen molar-refractivity contribution in [1.82, 2.24) is 0 Å². The van der Waals surface area contributed by atoms with Crippen LogP contribution in [0.15, 0.2) is 40.4 Å². The lowest BCUT2D eigenvalue weighted by atomic mass is 9.78. The molecule has 0 radical (unpaired) electrons. The summed E-state index contributed by atoms with van der Waals surface area (Å²) in [5, 5.41) is 16.0. The highest BCUT2D eigenvalue weighted by molar-refractivity contribution is 7.92. The molecule has 36 heavy (non-hydrogen) atoms. The molecule has 12 heteroatoms. The van der Waals surface area contributed by atoms with Gasteiger partial charge in [-0.25, -0.2) is 21.6 Å². The number of rotatable bonds is 7. The number of carbonyl (C=O) groups is 1. The number of nitrogens with one attached hydrogen (secondary N) is 1. The molecule has 2 aliphatic carbocycles. The predicted octanol–water partition coefficient (Wildman–Crippen LogP) is 4.73. The average Bonchev–Trinajstić information content (AvgIpc) is 3.11. The molecule has 2 aliphatic rings. The second-order valence-electron chi connectivity index (χ2n) is 9.12. The first kappa shape index (κ1) is 26.4. The van der Waals surface area contributed by atoms with E-state index in [0.717, 1.165) is 6.07 Å². The third kappa shape index (κ3) is 5.09. The summed E-state index contributed by atoms with van der Waals surface area (Å²) >= 11 is 6.24. The van der Waals surface area contributed by atoms with Crippen molar-refractivity contribution >= 4 is 39.2 Å². The van der Waals surface area contributed by atoms with Crippen LogP contribution >= 0.6 is 11.6 Å². The van der Waals surface area contributed by atoms with E-state index in [0.29, 0.717) is 31.6 Å². The fraction of sp³-hybridized carbons (Fsp3) is 0.417. The van der Waals surface area contributed by atoms with Crippen molar-refractivity contribution in [2.24, 2.45) is 17.0 Å². The summed E-state index contributed by atoms with van der Waals surface area (Å²) in [7, 11) is -4.02. The molecule has 2 saturated carbocycles. The van der Waals surface area contributed by atoms with E-state index >= 15 is 0 Å². The van der Waals surface area contributed by atoms with Crippen molar-refractivity contribution in [1.29, 1.82) is 0 Å². The Balaban J connectivity index is 1.59. The normalized spacial score (nSPS) is 25.8. The molecule has 2 bridgehead atoms. The maximum atomic E-state index is 13.7. The Morgan fingerprint density at radius 2 is 1.81 bits per heavy atom. The highest BCUT2D eigenvalue weighted by Gasteiger charge is 2.54. The largest absolute Gasteiger partial charge is 0.396 e. The topological polar surface area (TPSA) is 105 Å². The van der Waals surface area contributed by atoms with E-state index in [4.69, 9.17) is 16.4 Å². The number of nitrogens with zero attached hydrogens (tertiary/aromatic N) is 1. The maximum Gasteiger partial charge on any atom is 0.255 e. The van der Waals surface area contributed by atoms with Gasteiger partial charge in [0.05, 0.1) is 21.4 Å². The first-order valence-corrected chi connectivity index (χ1v) is 13.3. The van der Waals surface area contributed by atoms with E-state index in [-0.39, 0.29) is 45.8 Å². The molecule has 2 aromatic rings. The number of oxime groups is 1. The Morgan fingerprint density at radius 1 is 1.19 bits per heavy atom. The van der Waals surface area contributed by atoms with Gasteiger partial charge >= 0.3 is 0 Å². The minimum absolute atomic E-state index is 0.0800. The fourth-order valence-corrected chi connectivity index (χ4v) is 8.07. The van der Waals surface area contributed by atoms with E-state index in [9.17, 15) is 31.5 Å². The van der Waals surface area contributed by atoms with Gasteiger partial charge in [0.2, 0.25) is 0 Å². The number of carbonyl (C=O) groups excluding carboxylic acids is 1. The number of hydrogen-bond donors (Lipinski definition) is 2. The number of anilines is 1. The fourth-order valence-electron chi connectivity index (χ4n) is 5.23. The lowest BCUT2D eigenvalue weighted by molar-refractivity contribution is 0.0426. The van der Waals surface area contributed by atoms with Crippen molar-refractivity contribution in [3.05, 3.63) is 58.4 Å². The van der Waals surface area contributed by atoms with Crippen molar-refractivity contribution in [3.8, 4) is 0 Å². The highest BCUT2D eigenvalue weighted by atomic mass is 35.5. The average molecular weight is 545 g/mol. The smallest absolute Gasteiger partial charge is 0.255 e. The molecule has 3 unspecified atom stereocenters. The third-order valence-electron chi connectivity index (χ3n) is 6.67. The van der Waals surface area contributed by atoms with Crippen molar-refractivity contribution in [2.45, 2.75) is 48.4 Å². The van der Waals surface area contributed by atoms with E-state index in [1.807, 2.05) is 0 Å². The van der Waals surface area contributed by atoms with Crippen LogP contribution in [0.25, 0.3) is 0 Å². The minimum Gasteiger partial charge on any atom is -0.396 e. The molecule has 0 heterocycles. The number of sulfone groups is 1. The van der Waals surface area contributed by atoms with Gasteiger partial charge in [-0.3, -0.25) is 4.79 Å². The summed E-state index contributed by atoms with van der Waals surface area (Å²) < 4.78 is 67.6. The quantitative estimate of drug-likeness (QED) is 0.298. The Bertz CT molecular complexity index is 1280. The van der Waals surface area contributed by atoms with Gasteiger partial charge < -0.3 is 15.3 Å². The van der Waals surface area contributed by atoms with Gasteiger partial charge in [-0.05, 0) is 62.6 Å². The zero-order chi connectivity index (χ0) is 26.3. The van der Waals surface area contributed by atoms with E-state index < -0.39 is 44.0 Å². The second-order valence-corrected chi connectivity index (χ2v) is 11.6. The molecule has 2 aromatic carbocycles. The van der Waals surface area contributed by atoms with Crippen LogP contribution in [0.3, 0.4) is 0 Å². The molecule has 4 atom stereocenters. The molecule has 2 N–H and O–H groups in total. The molecule has 0 saturated heterocycles. The monoisotopic (exact) mass is 544 g/mol. The number of hydrogen-bond acceptors (Lipinski definition) is 6. The van der Waals surface area contributed by atoms with E-state index in [2.05, 4.69) is 10.5 Å². The van der Waals surface area contributed by atoms with Crippen LogP contribution in [0.1, 0.15) is 43.0 Å². The molecule has 194 valence electrons. The molecule has 7 nitrogen and oxygen atoms in total. The lowest BCUT2D eigenvalue weighted by Crippen LogP contribution is -2.47. The molecule has 4 rings (SSSR count). The van der Waals surface area contributed by atoms with Gasteiger partial charge in [0.25, 0.3) is 5.91 Å². The number of aliphatic hydroxyl groups is 1. The summed E-state index contributed by atoms with van der Waals surface area (Å²) in [5.41, 5.74) is -1.74. The Hall–Kier alpha value is -2.63. The highest BCUT2D eigenvalue weighted by Crippen LogP contribution is 2.51. The summed E-state index contributed by atoms with van der Waals surface area (Å²) in [6.45, 7) is 2.09. The zero-order valence-electron chi connectivity index (χ0n) is 19.2. The molecule has 0 aliphatic heterocycles. The maximum absolute atomic E-state index is 13.7. The molecule has 0 aromatic heterocycles. The Morgan fingerprint density at radius 3 is 2.39 bits per heavy atom. The second kappa shape index (κ2) is 10.0. The molecular formula is C24H24ClF3N2O5S. The van der Waals surface area contributed by atoms with E-state index in [1.54, 1.807) is 6.92 Å². The zero-order valence-corrected chi connectivity index (χ0v) is 20.8. The Labute approximate surface area is 211 Å². The summed E-state index contributed by atoms with van der Waals surface area (Å²) in [5.74, 6) is -6.21. The predicted molar refractivity (Wildman–Crippen MR) is 127 cm³/mol.